The van der Waals surface area contributed by atoms with Gasteiger partial charge >= 0.3 is 5.97 Å². The Hall–Kier alpha value is -1.03. The average Bonchev–Trinajstić information content (AvgIpc) is 2.33. The quantitative estimate of drug-likeness (QED) is 0.787. The van der Waals surface area contributed by atoms with Gasteiger partial charge in [0.2, 0.25) is 0 Å². The molecule has 1 rings (SSSR count). The number of rotatable bonds is 3. The van der Waals surface area contributed by atoms with Crippen molar-refractivity contribution in [2.75, 3.05) is 0 Å². The summed E-state index contributed by atoms with van der Waals surface area (Å²) in [5.74, 6) is -0.469. The number of carboxylic acids is 1. The van der Waals surface area contributed by atoms with Gasteiger partial charge in [0.15, 0.2) is 4.88 Å². The van der Waals surface area contributed by atoms with Gasteiger partial charge in [-0.25, -0.2) is 4.79 Å². The zero-order chi connectivity index (χ0) is 9.14. The van der Waals surface area contributed by atoms with Gasteiger partial charge in [0.05, 0.1) is 6.10 Å². The first-order valence-corrected chi connectivity index (χ1v) is 4.46. The van der Waals surface area contributed by atoms with Crippen LogP contribution in [0.25, 0.3) is 0 Å². The minimum absolute atomic E-state index is 0.0118. The summed E-state index contributed by atoms with van der Waals surface area (Å²) in [7, 11) is 0. The molecule has 1 aromatic heterocycles. The maximum absolute atomic E-state index is 10.6. The van der Waals surface area contributed by atoms with Gasteiger partial charge in [0, 0.05) is 0 Å². The minimum Gasteiger partial charge on any atom is -0.489 e. The Morgan fingerprint density at radius 1 is 1.67 bits per heavy atom. The summed E-state index contributed by atoms with van der Waals surface area (Å²) in [5.41, 5.74) is 0. The van der Waals surface area contributed by atoms with Crippen LogP contribution in [0.5, 0.6) is 5.75 Å². The first kappa shape index (κ1) is 9.06. The Labute approximate surface area is 74.6 Å². The van der Waals surface area contributed by atoms with Crippen molar-refractivity contribution >= 4 is 17.3 Å². The van der Waals surface area contributed by atoms with Gasteiger partial charge in [0.1, 0.15) is 5.75 Å². The molecule has 0 radical (unpaired) electrons. The van der Waals surface area contributed by atoms with E-state index in [0.717, 1.165) is 0 Å². The predicted octanol–water partition coefficient (Wildman–Crippen LogP) is 2.23. The molecule has 1 aromatic rings. The number of aromatic carboxylic acids is 1. The smallest absolute Gasteiger partial charge is 0.349 e. The average molecular weight is 186 g/mol. The molecular formula is C8H10O3S. The molecule has 1 N–H and O–H groups in total. The standard InChI is InChI=1S/C8H10O3S/c1-5(2)11-6-3-4-12-7(6)8(9)10/h3-5H,1-2H3,(H,9,10). The van der Waals surface area contributed by atoms with Crippen molar-refractivity contribution in [1.29, 1.82) is 0 Å². The molecule has 3 nitrogen and oxygen atoms in total. The van der Waals surface area contributed by atoms with Crippen molar-refractivity contribution in [2.24, 2.45) is 0 Å². The molecular weight excluding hydrogens is 176 g/mol. The fourth-order valence-corrected chi connectivity index (χ4v) is 1.46. The molecule has 0 aliphatic carbocycles. The van der Waals surface area contributed by atoms with Crippen LogP contribution in [0.1, 0.15) is 23.5 Å². The summed E-state index contributed by atoms with van der Waals surface area (Å²) in [5, 5.41) is 10.4. The van der Waals surface area contributed by atoms with Crippen LogP contribution in [0.2, 0.25) is 0 Å². The van der Waals surface area contributed by atoms with Gasteiger partial charge in [-0.1, -0.05) is 0 Å². The lowest BCUT2D eigenvalue weighted by Gasteiger charge is -2.07. The van der Waals surface area contributed by atoms with E-state index < -0.39 is 5.97 Å². The van der Waals surface area contributed by atoms with Crippen LogP contribution in [-0.2, 0) is 0 Å². The third kappa shape index (κ3) is 1.98. The van der Waals surface area contributed by atoms with Gasteiger partial charge in [-0.15, -0.1) is 11.3 Å². The topological polar surface area (TPSA) is 46.5 Å². The second kappa shape index (κ2) is 3.58. The Kier molecular flexibility index (Phi) is 2.70. The predicted molar refractivity (Wildman–Crippen MR) is 47.0 cm³/mol. The molecule has 0 amide bonds. The zero-order valence-corrected chi connectivity index (χ0v) is 7.72. The van der Waals surface area contributed by atoms with Crippen molar-refractivity contribution in [3.05, 3.63) is 16.3 Å². The molecule has 4 heteroatoms. The van der Waals surface area contributed by atoms with Crippen LogP contribution in [0, 0.1) is 0 Å². The van der Waals surface area contributed by atoms with Crippen molar-refractivity contribution in [3.63, 3.8) is 0 Å². The fraction of sp³-hybridized carbons (Fsp3) is 0.375. The van der Waals surface area contributed by atoms with Crippen LogP contribution < -0.4 is 4.74 Å². The highest BCUT2D eigenvalue weighted by atomic mass is 32.1. The normalized spacial score (nSPS) is 10.2. The van der Waals surface area contributed by atoms with E-state index >= 15 is 0 Å². The highest BCUT2D eigenvalue weighted by Gasteiger charge is 2.13. The summed E-state index contributed by atoms with van der Waals surface area (Å²) < 4.78 is 5.28. The molecule has 12 heavy (non-hydrogen) atoms. The van der Waals surface area contributed by atoms with Crippen molar-refractivity contribution in [2.45, 2.75) is 20.0 Å². The molecule has 0 bridgehead atoms. The lowest BCUT2D eigenvalue weighted by atomic mass is 10.4. The van der Waals surface area contributed by atoms with Crippen LogP contribution >= 0.6 is 11.3 Å². The summed E-state index contributed by atoms with van der Waals surface area (Å²) in [6.07, 6.45) is 0.0118. The number of hydrogen-bond acceptors (Lipinski definition) is 3. The van der Waals surface area contributed by atoms with Crippen LogP contribution in [-0.4, -0.2) is 17.2 Å². The summed E-state index contributed by atoms with van der Waals surface area (Å²) in [6, 6.07) is 1.67. The summed E-state index contributed by atoms with van der Waals surface area (Å²) in [4.78, 5) is 10.9. The van der Waals surface area contributed by atoms with Crippen LogP contribution in [0.3, 0.4) is 0 Å². The lowest BCUT2D eigenvalue weighted by molar-refractivity contribution is 0.0696. The van der Waals surface area contributed by atoms with E-state index in [-0.39, 0.29) is 11.0 Å². The third-order valence-electron chi connectivity index (χ3n) is 1.19. The Morgan fingerprint density at radius 2 is 2.33 bits per heavy atom. The highest BCUT2D eigenvalue weighted by molar-refractivity contribution is 7.12. The maximum Gasteiger partial charge on any atom is 0.349 e. The first-order chi connectivity index (χ1) is 5.61. The number of thiophene rings is 1. The Morgan fingerprint density at radius 3 is 2.83 bits per heavy atom. The highest BCUT2D eigenvalue weighted by Crippen LogP contribution is 2.25. The molecule has 66 valence electrons. The molecule has 0 fully saturated rings. The second-order valence-electron chi connectivity index (χ2n) is 2.59. The SMILES string of the molecule is CC(C)Oc1ccsc1C(=O)O. The Bertz CT molecular complexity index is 278. The molecule has 0 aromatic carbocycles. The van der Waals surface area contributed by atoms with Crippen molar-refractivity contribution in [1.82, 2.24) is 0 Å². The first-order valence-electron chi connectivity index (χ1n) is 3.58. The van der Waals surface area contributed by atoms with Crippen LogP contribution in [0.4, 0.5) is 0 Å². The largest absolute Gasteiger partial charge is 0.489 e. The molecule has 0 saturated carbocycles. The maximum atomic E-state index is 10.6. The molecule has 0 spiro atoms. The molecule has 1 heterocycles. The van der Waals surface area contributed by atoms with Crippen molar-refractivity contribution < 1.29 is 14.6 Å². The summed E-state index contributed by atoms with van der Waals surface area (Å²) >= 11 is 1.18. The minimum atomic E-state index is -0.930. The van der Waals surface area contributed by atoms with Gasteiger partial charge in [-0.3, -0.25) is 0 Å². The number of carboxylic acid groups (broad SMARTS) is 1. The van der Waals surface area contributed by atoms with Gasteiger partial charge in [-0.2, -0.15) is 0 Å². The molecule has 0 aliphatic heterocycles. The monoisotopic (exact) mass is 186 g/mol. The Balaban J connectivity index is 2.84. The van der Waals surface area contributed by atoms with Gasteiger partial charge < -0.3 is 9.84 Å². The van der Waals surface area contributed by atoms with Crippen LogP contribution in [0.15, 0.2) is 11.4 Å². The van der Waals surface area contributed by atoms with E-state index in [1.807, 2.05) is 13.8 Å². The van der Waals surface area contributed by atoms with E-state index in [2.05, 4.69) is 0 Å². The molecule has 0 atom stereocenters. The van der Waals surface area contributed by atoms with Gasteiger partial charge in [-0.05, 0) is 25.3 Å². The molecule has 0 aliphatic rings. The number of ether oxygens (including phenoxy) is 1. The third-order valence-corrected chi connectivity index (χ3v) is 2.07. The van der Waals surface area contributed by atoms with Gasteiger partial charge in [0.25, 0.3) is 0 Å². The lowest BCUT2D eigenvalue weighted by Crippen LogP contribution is -2.07. The second-order valence-corrected chi connectivity index (χ2v) is 3.50. The van der Waals surface area contributed by atoms with Crippen molar-refractivity contribution in [3.8, 4) is 5.75 Å². The van der Waals surface area contributed by atoms with E-state index in [1.165, 1.54) is 11.3 Å². The van der Waals surface area contributed by atoms with E-state index in [0.29, 0.717) is 5.75 Å². The zero-order valence-electron chi connectivity index (χ0n) is 6.90. The number of carbonyl (C=O) groups is 1. The molecule has 0 unspecified atom stereocenters. The number of hydrogen-bond donors (Lipinski definition) is 1. The fourth-order valence-electron chi connectivity index (χ4n) is 0.800. The summed E-state index contributed by atoms with van der Waals surface area (Å²) in [6.45, 7) is 3.73. The molecule has 0 saturated heterocycles. The van der Waals surface area contributed by atoms with E-state index in [4.69, 9.17) is 9.84 Å². The van der Waals surface area contributed by atoms with E-state index in [1.54, 1.807) is 11.4 Å². The van der Waals surface area contributed by atoms with E-state index in [9.17, 15) is 4.79 Å².